The zero-order chi connectivity index (χ0) is 15.6. The molecule has 21 heavy (non-hydrogen) atoms. The van der Waals surface area contributed by atoms with E-state index in [-0.39, 0.29) is 11.7 Å². The molecule has 0 heterocycles. The number of phenols is 1. The molecule has 112 valence electrons. The van der Waals surface area contributed by atoms with Crippen LogP contribution in [0.3, 0.4) is 0 Å². The summed E-state index contributed by atoms with van der Waals surface area (Å²) in [5.41, 5.74) is 2.28. The van der Waals surface area contributed by atoms with E-state index >= 15 is 0 Å². The lowest BCUT2D eigenvalue weighted by Gasteiger charge is -2.16. The van der Waals surface area contributed by atoms with E-state index in [4.69, 9.17) is 0 Å². The number of aromatic hydroxyl groups is 1. The second-order valence-electron chi connectivity index (χ2n) is 4.99. The Bertz CT molecular complexity index is 736. The van der Waals surface area contributed by atoms with Crippen LogP contribution < -0.4 is 0 Å². The molecule has 5 heteroatoms. The maximum Gasteiger partial charge on any atom is 0.298 e. The molecule has 0 saturated heterocycles. The van der Waals surface area contributed by atoms with Crippen molar-refractivity contribution in [3.63, 3.8) is 0 Å². The number of phenolic OH excluding ortho intramolecular Hbond substituents is 1. The summed E-state index contributed by atoms with van der Waals surface area (Å²) < 4.78 is 32.1. The topological polar surface area (TPSA) is 74.6 Å². The molecular formula is C16H18O4S. The number of hydrogen-bond donors (Lipinski definition) is 2. The zero-order valence-electron chi connectivity index (χ0n) is 11.9. The van der Waals surface area contributed by atoms with Gasteiger partial charge in [0.2, 0.25) is 0 Å². The van der Waals surface area contributed by atoms with E-state index in [2.05, 4.69) is 0 Å². The lowest BCUT2D eigenvalue weighted by Crippen LogP contribution is -2.04. The fourth-order valence-corrected chi connectivity index (χ4v) is 3.00. The highest BCUT2D eigenvalue weighted by Gasteiger charge is 2.21. The molecule has 0 fully saturated rings. The summed E-state index contributed by atoms with van der Waals surface area (Å²) in [7, 11) is -4.45. The third kappa shape index (κ3) is 3.25. The summed E-state index contributed by atoms with van der Waals surface area (Å²) >= 11 is 0. The molecule has 4 nitrogen and oxygen atoms in total. The van der Waals surface area contributed by atoms with Crippen LogP contribution in [-0.4, -0.2) is 18.1 Å². The highest BCUT2D eigenvalue weighted by atomic mass is 32.2. The molecule has 0 aromatic heterocycles. The highest BCUT2D eigenvalue weighted by molar-refractivity contribution is 7.86. The van der Waals surface area contributed by atoms with Gasteiger partial charge in [-0.3, -0.25) is 4.55 Å². The molecule has 2 aromatic carbocycles. The molecule has 0 bridgehead atoms. The van der Waals surface area contributed by atoms with Gasteiger partial charge in [-0.25, -0.2) is 0 Å². The first-order chi connectivity index (χ1) is 9.84. The zero-order valence-corrected chi connectivity index (χ0v) is 12.8. The Morgan fingerprint density at radius 2 is 1.71 bits per heavy atom. The number of rotatable bonds is 4. The molecular weight excluding hydrogens is 288 g/mol. The van der Waals surface area contributed by atoms with Gasteiger partial charge in [-0.1, -0.05) is 50.2 Å². The lowest BCUT2D eigenvalue weighted by atomic mass is 9.91. The first-order valence-electron chi connectivity index (χ1n) is 6.72. The van der Waals surface area contributed by atoms with Crippen LogP contribution in [0, 0.1) is 0 Å². The second kappa shape index (κ2) is 5.87. The van der Waals surface area contributed by atoms with Crippen molar-refractivity contribution in [1.29, 1.82) is 0 Å². The van der Waals surface area contributed by atoms with Crippen LogP contribution in [0.1, 0.15) is 36.5 Å². The first-order valence-corrected chi connectivity index (χ1v) is 8.16. The fraction of sp³-hybridized carbons (Fsp3) is 0.250. The summed E-state index contributed by atoms with van der Waals surface area (Å²) in [5, 5.41) is 9.96. The van der Waals surface area contributed by atoms with Gasteiger partial charge in [0.05, 0.1) is 0 Å². The summed E-state index contributed by atoms with van der Waals surface area (Å²) in [6.07, 6.45) is 0.476. The third-order valence-electron chi connectivity index (χ3n) is 3.63. The van der Waals surface area contributed by atoms with Crippen molar-refractivity contribution in [3.8, 4) is 5.75 Å². The summed E-state index contributed by atoms with van der Waals surface area (Å²) in [6.45, 7) is 3.77. The van der Waals surface area contributed by atoms with Crippen molar-refractivity contribution < 1.29 is 18.1 Å². The van der Waals surface area contributed by atoms with Gasteiger partial charge in [0, 0.05) is 5.92 Å². The molecule has 2 aromatic rings. The van der Waals surface area contributed by atoms with Crippen molar-refractivity contribution in [2.45, 2.75) is 31.1 Å². The Hall–Kier alpha value is -1.85. The average Bonchev–Trinajstić information content (AvgIpc) is 2.46. The van der Waals surface area contributed by atoms with E-state index in [1.165, 1.54) is 6.07 Å². The fourth-order valence-electron chi connectivity index (χ4n) is 2.34. The Kier molecular flexibility index (Phi) is 4.34. The van der Waals surface area contributed by atoms with Crippen LogP contribution in [0.4, 0.5) is 0 Å². The minimum absolute atomic E-state index is 0.0439. The lowest BCUT2D eigenvalue weighted by molar-refractivity contribution is 0.438. The minimum atomic E-state index is -4.45. The maximum atomic E-state index is 11.4. The van der Waals surface area contributed by atoms with Gasteiger partial charge in [-0.05, 0) is 29.2 Å². The molecule has 0 radical (unpaired) electrons. The minimum Gasteiger partial charge on any atom is -0.506 e. The Morgan fingerprint density at radius 3 is 2.24 bits per heavy atom. The van der Waals surface area contributed by atoms with E-state index in [9.17, 15) is 18.1 Å². The van der Waals surface area contributed by atoms with Crippen molar-refractivity contribution >= 4 is 10.1 Å². The van der Waals surface area contributed by atoms with Crippen LogP contribution in [0.25, 0.3) is 0 Å². The number of hydrogen-bond acceptors (Lipinski definition) is 3. The van der Waals surface area contributed by atoms with Gasteiger partial charge in [0.25, 0.3) is 10.1 Å². The Balaban J connectivity index is 2.60. The van der Waals surface area contributed by atoms with E-state index in [0.717, 1.165) is 11.1 Å². The standard InChI is InChI=1S/C16H18O4S/c1-3-12-9-14(10-15(16(12)17)21(18,19)20)11(2)13-7-5-4-6-8-13/h4-11,17H,3H2,1-2H3,(H,18,19,20). The Morgan fingerprint density at radius 1 is 1.10 bits per heavy atom. The molecule has 2 rings (SSSR count). The van der Waals surface area contributed by atoms with Crippen LogP contribution in [0.15, 0.2) is 47.4 Å². The summed E-state index contributed by atoms with van der Waals surface area (Å²) in [6, 6.07) is 12.8. The van der Waals surface area contributed by atoms with Crippen LogP contribution >= 0.6 is 0 Å². The van der Waals surface area contributed by atoms with E-state index < -0.39 is 15.0 Å². The molecule has 0 aliphatic heterocycles. The van der Waals surface area contributed by atoms with Crippen molar-refractivity contribution in [1.82, 2.24) is 0 Å². The van der Waals surface area contributed by atoms with E-state index in [1.807, 2.05) is 44.2 Å². The highest BCUT2D eigenvalue weighted by Crippen LogP contribution is 2.33. The van der Waals surface area contributed by atoms with Crippen molar-refractivity contribution in [3.05, 3.63) is 59.2 Å². The predicted octanol–water partition coefficient (Wildman–Crippen LogP) is 3.35. The predicted molar refractivity (Wildman–Crippen MR) is 81.3 cm³/mol. The molecule has 0 spiro atoms. The Labute approximate surface area is 124 Å². The molecule has 1 atom stereocenters. The smallest absolute Gasteiger partial charge is 0.298 e. The van der Waals surface area contributed by atoms with Gasteiger partial charge >= 0.3 is 0 Å². The summed E-state index contributed by atoms with van der Waals surface area (Å²) in [5.74, 6) is -0.415. The van der Waals surface area contributed by atoms with Gasteiger partial charge in [0.1, 0.15) is 10.6 Å². The normalized spacial score (nSPS) is 13.1. The molecule has 1 unspecified atom stereocenters. The number of benzene rings is 2. The van der Waals surface area contributed by atoms with E-state index in [1.54, 1.807) is 6.07 Å². The molecule has 2 N–H and O–H groups in total. The molecule has 0 amide bonds. The molecule has 0 aliphatic rings. The van der Waals surface area contributed by atoms with Crippen molar-refractivity contribution in [2.75, 3.05) is 0 Å². The monoisotopic (exact) mass is 306 g/mol. The number of aryl methyl sites for hydroxylation is 1. The quantitative estimate of drug-likeness (QED) is 0.849. The van der Waals surface area contributed by atoms with Crippen LogP contribution in [0.2, 0.25) is 0 Å². The second-order valence-corrected chi connectivity index (χ2v) is 6.38. The van der Waals surface area contributed by atoms with E-state index in [0.29, 0.717) is 12.0 Å². The third-order valence-corrected chi connectivity index (χ3v) is 4.50. The van der Waals surface area contributed by atoms with Crippen LogP contribution in [0.5, 0.6) is 5.75 Å². The molecule has 0 aliphatic carbocycles. The summed E-state index contributed by atoms with van der Waals surface area (Å²) in [4.78, 5) is -0.431. The largest absolute Gasteiger partial charge is 0.506 e. The van der Waals surface area contributed by atoms with Gasteiger partial charge in [0.15, 0.2) is 0 Å². The van der Waals surface area contributed by atoms with Gasteiger partial charge in [-0.2, -0.15) is 8.42 Å². The van der Waals surface area contributed by atoms with Crippen LogP contribution in [-0.2, 0) is 16.5 Å². The molecule has 0 saturated carbocycles. The average molecular weight is 306 g/mol. The SMILES string of the molecule is CCc1cc(C(C)c2ccccc2)cc(S(=O)(=O)O)c1O. The van der Waals surface area contributed by atoms with Gasteiger partial charge in [-0.15, -0.1) is 0 Å². The first kappa shape index (κ1) is 15.5. The van der Waals surface area contributed by atoms with Crippen molar-refractivity contribution in [2.24, 2.45) is 0 Å². The van der Waals surface area contributed by atoms with Gasteiger partial charge < -0.3 is 5.11 Å². The maximum absolute atomic E-state index is 11.4.